The second kappa shape index (κ2) is 13.2. The fraction of sp³-hybridized carbons (Fsp3) is 0.0526. The largest absolute Gasteiger partial charge is 0.455 e. The first-order chi connectivity index (χ1) is 29.5. The van der Waals surface area contributed by atoms with Gasteiger partial charge in [-0.15, -0.1) is 0 Å². The van der Waals surface area contributed by atoms with E-state index in [0.29, 0.717) is 5.82 Å². The van der Waals surface area contributed by atoms with Gasteiger partial charge < -0.3 is 4.42 Å². The summed E-state index contributed by atoms with van der Waals surface area (Å²) in [6.45, 7) is 4.71. The number of nitrogens with zero attached hydrogens (tertiary/aromatic N) is 2. The molecule has 0 N–H and O–H groups in total. The van der Waals surface area contributed by atoms with Crippen LogP contribution in [0.2, 0.25) is 0 Å². The summed E-state index contributed by atoms with van der Waals surface area (Å²) in [7, 11) is 0. The number of fused-ring (bicyclic) bond motifs is 9. The Labute approximate surface area is 348 Å². The number of rotatable bonds is 5. The van der Waals surface area contributed by atoms with Crippen molar-refractivity contribution in [2.24, 2.45) is 0 Å². The minimum Gasteiger partial charge on any atom is -0.455 e. The summed E-state index contributed by atoms with van der Waals surface area (Å²) >= 11 is 0. The molecule has 0 bridgehead atoms. The summed E-state index contributed by atoms with van der Waals surface area (Å²) < 4.78 is 6.50. The second-order valence-corrected chi connectivity index (χ2v) is 16.5. The number of furan rings is 1. The van der Waals surface area contributed by atoms with Crippen LogP contribution in [0.5, 0.6) is 0 Å². The van der Waals surface area contributed by atoms with E-state index < -0.39 is 0 Å². The van der Waals surface area contributed by atoms with Gasteiger partial charge in [0.25, 0.3) is 0 Å². The number of hydrogen-bond donors (Lipinski definition) is 0. The third-order valence-electron chi connectivity index (χ3n) is 12.7. The molecule has 0 amide bonds. The molecule has 11 aromatic rings. The van der Waals surface area contributed by atoms with E-state index in [1.807, 2.05) is 18.2 Å². The zero-order valence-electron chi connectivity index (χ0n) is 33.3. The third-order valence-corrected chi connectivity index (χ3v) is 12.7. The molecule has 60 heavy (non-hydrogen) atoms. The zero-order valence-corrected chi connectivity index (χ0v) is 33.3. The summed E-state index contributed by atoms with van der Waals surface area (Å²) in [6.07, 6.45) is 0. The normalized spacial score (nSPS) is 13.0. The quantitative estimate of drug-likeness (QED) is 0.175. The molecule has 3 nitrogen and oxygen atoms in total. The molecule has 3 heteroatoms. The summed E-state index contributed by atoms with van der Waals surface area (Å²) in [5.41, 5.74) is 16.7. The van der Waals surface area contributed by atoms with E-state index in [1.165, 1.54) is 49.5 Å². The van der Waals surface area contributed by atoms with Crippen molar-refractivity contribution in [3.63, 3.8) is 0 Å². The van der Waals surface area contributed by atoms with Gasteiger partial charge >= 0.3 is 0 Å². The van der Waals surface area contributed by atoms with Gasteiger partial charge in [0.15, 0.2) is 5.82 Å². The number of benzene rings is 9. The van der Waals surface area contributed by atoms with Crippen LogP contribution in [0.25, 0.3) is 111 Å². The minimum atomic E-state index is -0.0929. The van der Waals surface area contributed by atoms with Crippen molar-refractivity contribution in [1.82, 2.24) is 9.97 Å². The Balaban J connectivity index is 0.932. The molecule has 2 aromatic heterocycles. The highest BCUT2D eigenvalue weighted by Gasteiger charge is 2.37. The fourth-order valence-electron chi connectivity index (χ4n) is 9.61. The van der Waals surface area contributed by atoms with Crippen LogP contribution in [0.4, 0.5) is 0 Å². The molecule has 0 spiro atoms. The first kappa shape index (κ1) is 34.4. The molecule has 1 aliphatic rings. The van der Waals surface area contributed by atoms with Crippen LogP contribution in [-0.4, -0.2) is 9.97 Å². The summed E-state index contributed by atoms with van der Waals surface area (Å²) in [6, 6.07) is 69.4. The predicted octanol–water partition coefficient (Wildman–Crippen LogP) is 15.3. The van der Waals surface area contributed by atoms with Gasteiger partial charge in [-0.2, -0.15) is 0 Å². The van der Waals surface area contributed by atoms with Crippen molar-refractivity contribution >= 4 is 43.5 Å². The summed E-state index contributed by atoms with van der Waals surface area (Å²) in [5, 5.41) is 7.11. The lowest BCUT2D eigenvalue weighted by Crippen LogP contribution is -2.14. The van der Waals surface area contributed by atoms with E-state index in [1.54, 1.807) is 0 Å². The third kappa shape index (κ3) is 5.36. The van der Waals surface area contributed by atoms with Gasteiger partial charge in [0.05, 0.1) is 11.4 Å². The summed E-state index contributed by atoms with van der Waals surface area (Å²) in [4.78, 5) is 10.3. The Kier molecular flexibility index (Phi) is 7.58. The van der Waals surface area contributed by atoms with Crippen LogP contribution in [0, 0.1) is 0 Å². The lowest BCUT2D eigenvalue weighted by molar-refractivity contribution is 0.661. The molecular formula is C57H38N2O. The van der Waals surface area contributed by atoms with Crippen molar-refractivity contribution in [3.8, 4) is 67.3 Å². The topological polar surface area (TPSA) is 38.9 Å². The van der Waals surface area contributed by atoms with E-state index in [2.05, 4.69) is 190 Å². The maximum Gasteiger partial charge on any atom is 0.160 e. The molecule has 1 aliphatic carbocycles. The van der Waals surface area contributed by atoms with Crippen LogP contribution >= 0.6 is 0 Å². The average Bonchev–Trinajstić information content (AvgIpc) is 3.80. The van der Waals surface area contributed by atoms with E-state index in [-0.39, 0.29) is 5.41 Å². The van der Waals surface area contributed by atoms with E-state index in [9.17, 15) is 0 Å². The standard InChI is InChI=1S/C57H38N2O/c1-57(2)48-20-10-18-43(53(48)47-32-41-15-6-7-16-42(41)33-49(47)57)36-22-26-38(27-23-36)50-34-51(59-56(58-50)40-13-4-3-5-14-40)39-28-24-37(25-29-39)44-19-11-21-52-54(44)46-31-30-35-12-8-9-17-45(35)55(46)60-52/h3-34H,1-2H3. The van der Waals surface area contributed by atoms with Crippen LogP contribution in [-0.2, 0) is 5.41 Å². The highest BCUT2D eigenvalue weighted by Crippen LogP contribution is 2.53. The lowest BCUT2D eigenvalue weighted by atomic mass is 9.81. The van der Waals surface area contributed by atoms with Gasteiger partial charge in [-0.3, -0.25) is 0 Å². The molecule has 2 heterocycles. The monoisotopic (exact) mass is 766 g/mol. The van der Waals surface area contributed by atoms with Gasteiger partial charge in [0.1, 0.15) is 11.2 Å². The molecule has 0 radical (unpaired) electrons. The number of hydrogen-bond acceptors (Lipinski definition) is 3. The Morgan fingerprint density at radius 1 is 0.400 bits per heavy atom. The Bertz CT molecular complexity index is 3490. The van der Waals surface area contributed by atoms with Crippen molar-refractivity contribution in [2.75, 3.05) is 0 Å². The van der Waals surface area contributed by atoms with Crippen molar-refractivity contribution in [3.05, 3.63) is 205 Å². The van der Waals surface area contributed by atoms with E-state index in [0.717, 1.165) is 66.5 Å². The van der Waals surface area contributed by atoms with Gasteiger partial charge in [0, 0.05) is 38.3 Å². The molecule has 12 rings (SSSR count). The SMILES string of the molecule is CC1(C)c2cc3ccccc3cc2-c2c(-c3ccc(-c4cc(-c5ccc(-c6cccc7oc8c9ccccc9ccc8c67)cc5)nc(-c5ccccc5)n4)cc3)cccc21. The van der Waals surface area contributed by atoms with Crippen molar-refractivity contribution in [1.29, 1.82) is 0 Å². The summed E-state index contributed by atoms with van der Waals surface area (Å²) in [5.74, 6) is 0.699. The van der Waals surface area contributed by atoms with Crippen LogP contribution in [0.1, 0.15) is 25.0 Å². The Hall–Kier alpha value is -7.62. The molecule has 282 valence electrons. The van der Waals surface area contributed by atoms with E-state index >= 15 is 0 Å². The molecule has 0 atom stereocenters. The van der Waals surface area contributed by atoms with E-state index in [4.69, 9.17) is 14.4 Å². The second-order valence-electron chi connectivity index (χ2n) is 16.5. The molecule has 0 saturated carbocycles. The fourth-order valence-corrected chi connectivity index (χ4v) is 9.61. The van der Waals surface area contributed by atoms with Gasteiger partial charge in [-0.1, -0.05) is 178 Å². The van der Waals surface area contributed by atoms with Gasteiger partial charge in [-0.05, 0) is 91.0 Å². The molecule has 0 unspecified atom stereocenters. The Morgan fingerprint density at radius 2 is 1.00 bits per heavy atom. The molecule has 9 aromatic carbocycles. The van der Waals surface area contributed by atoms with Crippen LogP contribution in [0.15, 0.2) is 199 Å². The highest BCUT2D eigenvalue weighted by atomic mass is 16.3. The smallest absolute Gasteiger partial charge is 0.160 e. The lowest BCUT2D eigenvalue weighted by Gasteiger charge is -2.22. The molecular weight excluding hydrogens is 729 g/mol. The number of aromatic nitrogens is 2. The first-order valence-electron chi connectivity index (χ1n) is 20.6. The van der Waals surface area contributed by atoms with Gasteiger partial charge in [-0.25, -0.2) is 9.97 Å². The Morgan fingerprint density at radius 3 is 1.73 bits per heavy atom. The highest BCUT2D eigenvalue weighted by molar-refractivity contribution is 6.19. The zero-order chi connectivity index (χ0) is 40.0. The average molecular weight is 767 g/mol. The molecule has 0 aliphatic heterocycles. The van der Waals surface area contributed by atoms with Crippen LogP contribution in [0.3, 0.4) is 0 Å². The van der Waals surface area contributed by atoms with Crippen LogP contribution < -0.4 is 0 Å². The minimum absolute atomic E-state index is 0.0929. The molecule has 0 saturated heterocycles. The van der Waals surface area contributed by atoms with Crippen molar-refractivity contribution < 1.29 is 4.42 Å². The maximum absolute atomic E-state index is 6.50. The van der Waals surface area contributed by atoms with Crippen molar-refractivity contribution in [2.45, 2.75) is 19.3 Å². The van der Waals surface area contributed by atoms with Gasteiger partial charge in [0.2, 0.25) is 0 Å². The molecule has 0 fully saturated rings. The maximum atomic E-state index is 6.50. The first-order valence-corrected chi connectivity index (χ1v) is 20.6. The predicted molar refractivity (Wildman–Crippen MR) is 249 cm³/mol.